The van der Waals surface area contributed by atoms with Gasteiger partial charge in [0.05, 0.1) is 18.4 Å². The minimum Gasteiger partial charge on any atom is -0.486 e. The van der Waals surface area contributed by atoms with Gasteiger partial charge in [-0.25, -0.2) is 28.5 Å². The van der Waals surface area contributed by atoms with Gasteiger partial charge in [0.25, 0.3) is 0 Å². The molecule has 5 rings (SSSR count). The third-order valence-electron chi connectivity index (χ3n) is 7.07. The van der Waals surface area contributed by atoms with Gasteiger partial charge in [-0.15, -0.1) is 0 Å². The fraction of sp³-hybridized carbons (Fsp3) is 0.407. The molecular weight excluding hydrogens is 492 g/mol. The topological polar surface area (TPSA) is 110 Å². The highest BCUT2D eigenvalue weighted by molar-refractivity contribution is 5.73. The highest BCUT2D eigenvalue weighted by Gasteiger charge is 2.26. The Labute approximate surface area is 220 Å². The molecule has 11 heteroatoms. The van der Waals surface area contributed by atoms with Crippen molar-refractivity contribution < 1.29 is 18.3 Å². The number of likely N-dealkylation sites (tertiary alicyclic amines) is 1. The molecule has 0 atom stereocenters. The van der Waals surface area contributed by atoms with Crippen LogP contribution in [0.3, 0.4) is 0 Å². The van der Waals surface area contributed by atoms with Crippen LogP contribution in [0.15, 0.2) is 36.7 Å². The van der Waals surface area contributed by atoms with E-state index in [1.54, 1.807) is 17.2 Å². The lowest BCUT2D eigenvalue weighted by Crippen LogP contribution is -2.41. The van der Waals surface area contributed by atoms with Crippen molar-refractivity contribution in [2.75, 3.05) is 36.5 Å². The monoisotopic (exact) mass is 523 g/mol. The summed E-state index contributed by atoms with van der Waals surface area (Å²) in [6.45, 7) is 6.37. The largest absolute Gasteiger partial charge is 0.486 e. The number of halogens is 2. The van der Waals surface area contributed by atoms with Crippen molar-refractivity contribution >= 4 is 23.5 Å². The molecule has 1 fully saturated rings. The average molecular weight is 524 g/mol. The van der Waals surface area contributed by atoms with Crippen LogP contribution in [0.25, 0.3) is 11.3 Å². The maximum absolute atomic E-state index is 14.9. The summed E-state index contributed by atoms with van der Waals surface area (Å²) in [5.74, 6) is 0.0650. The van der Waals surface area contributed by atoms with Crippen LogP contribution in [0, 0.1) is 17.6 Å². The number of carbonyl (C=O) groups excluding carboxylic acids is 1. The number of pyridine rings is 1. The number of benzene rings is 1. The molecule has 2 aliphatic rings. The molecule has 0 radical (unpaired) electrons. The van der Waals surface area contributed by atoms with Gasteiger partial charge >= 0.3 is 6.03 Å². The van der Waals surface area contributed by atoms with Crippen LogP contribution < -0.4 is 20.7 Å². The lowest BCUT2D eigenvalue weighted by Gasteiger charge is -2.34. The van der Waals surface area contributed by atoms with Gasteiger partial charge in [-0.1, -0.05) is 6.07 Å². The summed E-state index contributed by atoms with van der Waals surface area (Å²) in [7, 11) is 0. The van der Waals surface area contributed by atoms with E-state index in [9.17, 15) is 13.6 Å². The number of nitrogens with two attached hydrogens (primary N) is 1. The quantitative estimate of drug-likeness (QED) is 0.490. The standard InChI is InChI=1S/C27H31F2N7O2/c1-16(2)36-9-10-38-25-20(28)12-19(13-22(25)36)24-21(29)15-32-27(34-24)33-23-4-3-18(14-31-23)11-17-5-7-35(8-6-17)26(30)37/h3-4,12-17H,5-11H2,1-2H3,(H2,30,37)(H,31,32,33,34). The molecule has 9 nitrogen and oxygen atoms in total. The number of hydrogen-bond acceptors (Lipinski definition) is 7. The van der Waals surface area contributed by atoms with Gasteiger partial charge in [0.2, 0.25) is 5.95 Å². The number of ether oxygens (including phenoxy) is 1. The number of rotatable bonds is 6. The Morgan fingerprint density at radius 2 is 1.92 bits per heavy atom. The molecule has 3 aromatic rings. The van der Waals surface area contributed by atoms with Crippen molar-refractivity contribution in [3.8, 4) is 17.0 Å². The number of urea groups is 1. The Morgan fingerprint density at radius 1 is 1.13 bits per heavy atom. The summed E-state index contributed by atoms with van der Waals surface area (Å²) in [6.07, 6.45) is 5.51. The van der Waals surface area contributed by atoms with Gasteiger partial charge in [-0.05, 0) is 62.8 Å². The third-order valence-corrected chi connectivity index (χ3v) is 7.07. The van der Waals surface area contributed by atoms with Crippen LogP contribution in [0.1, 0.15) is 32.3 Å². The van der Waals surface area contributed by atoms with E-state index >= 15 is 0 Å². The molecule has 0 aliphatic carbocycles. The van der Waals surface area contributed by atoms with Gasteiger partial charge in [0.15, 0.2) is 17.4 Å². The van der Waals surface area contributed by atoms with Gasteiger partial charge in [-0.2, -0.15) is 0 Å². The van der Waals surface area contributed by atoms with E-state index in [0.29, 0.717) is 49.2 Å². The summed E-state index contributed by atoms with van der Waals surface area (Å²) in [4.78, 5) is 27.8. The Bertz CT molecular complexity index is 1310. The molecule has 2 aromatic heterocycles. The van der Waals surface area contributed by atoms with Gasteiger partial charge in [-0.3, -0.25) is 0 Å². The normalized spacial score (nSPS) is 15.8. The van der Waals surface area contributed by atoms with Gasteiger partial charge < -0.3 is 25.6 Å². The molecule has 3 N–H and O–H groups in total. The summed E-state index contributed by atoms with van der Waals surface area (Å²) in [5, 5.41) is 3.01. The van der Waals surface area contributed by atoms with E-state index in [2.05, 4.69) is 20.3 Å². The van der Waals surface area contributed by atoms with E-state index in [4.69, 9.17) is 10.5 Å². The number of anilines is 3. The van der Waals surface area contributed by atoms with E-state index in [-0.39, 0.29) is 29.5 Å². The van der Waals surface area contributed by atoms with Crippen molar-refractivity contribution in [1.82, 2.24) is 19.9 Å². The van der Waals surface area contributed by atoms with E-state index in [1.807, 2.05) is 30.9 Å². The first-order valence-corrected chi connectivity index (χ1v) is 12.8. The minimum absolute atomic E-state index is 0.0163. The maximum Gasteiger partial charge on any atom is 0.314 e. The third kappa shape index (κ3) is 5.46. The molecule has 200 valence electrons. The second-order valence-electron chi connectivity index (χ2n) is 9.98. The fourth-order valence-electron chi connectivity index (χ4n) is 5.03. The highest BCUT2D eigenvalue weighted by atomic mass is 19.1. The van der Waals surface area contributed by atoms with Crippen LogP contribution >= 0.6 is 0 Å². The number of hydrogen-bond donors (Lipinski definition) is 2. The smallest absolute Gasteiger partial charge is 0.314 e. The average Bonchev–Trinajstić information content (AvgIpc) is 2.90. The van der Waals surface area contributed by atoms with Gasteiger partial charge in [0.1, 0.15) is 18.1 Å². The number of piperidine rings is 1. The van der Waals surface area contributed by atoms with E-state index in [1.165, 1.54) is 6.07 Å². The summed E-state index contributed by atoms with van der Waals surface area (Å²) < 4.78 is 35.3. The zero-order valence-corrected chi connectivity index (χ0v) is 21.5. The SMILES string of the molecule is CC(C)N1CCOc2c(F)cc(-c3nc(Nc4ccc(CC5CCN(C(N)=O)CC5)cn4)ncc3F)cc21. The Morgan fingerprint density at radius 3 is 2.61 bits per heavy atom. The molecule has 4 heterocycles. The molecule has 2 aliphatic heterocycles. The maximum atomic E-state index is 14.9. The number of nitrogens with zero attached hydrogens (tertiary/aromatic N) is 5. The molecule has 0 spiro atoms. The summed E-state index contributed by atoms with van der Waals surface area (Å²) in [6, 6.07) is 6.48. The zero-order chi connectivity index (χ0) is 26.8. The Hall–Kier alpha value is -4.02. The van der Waals surface area contributed by atoms with Crippen molar-refractivity contribution in [3.63, 3.8) is 0 Å². The van der Waals surface area contributed by atoms with Crippen molar-refractivity contribution in [3.05, 3.63) is 53.9 Å². The number of fused-ring (bicyclic) bond motifs is 1. The lowest BCUT2D eigenvalue weighted by atomic mass is 9.91. The zero-order valence-electron chi connectivity index (χ0n) is 21.5. The lowest BCUT2D eigenvalue weighted by molar-refractivity contribution is 0.179. The van der Waals surface area contributed by atoms with Crippen LogP contribution in [0.4, 0.5) is 31.0 Å². The van der Waals surface area contributed by atoms with Crippen LogP contribution in [-0.4, -0.2) is 58.2 Å². The molecule has 38 heavy (non-hydrogen) atoms. The van der Waals surface area contributed by atoms with Gasteiger partial charge in [0, 0.05) is 30.9 Å². The molecule has 1 aromatic carbocycles. The fourth-order valence-corrected chi connectivity index (χ4v) is 5.03. The molecule has 0 saturated carbocycles. The Balaban J connectivity index is 1.30. The molecule has 2 amide bonds. The first-order chi connectivity index (χ1) is 18.3. The first-order valence-electron chi connectivity index (χ1n) is 12.8. The van der Waals surface area contributed by atoms with E-state index < -0.39 is 11.6 Å². The van der Waals surface area contributed by atoms with Crippen LogP contribution in [0.5, 0.6) is 5.75 Å². The van der Waals surface area contributed by atoms with Crippen LogP contribution in [0.2, 0.25) is 0 Å². The summed E-state index contributed by atoms with van der Waals surface area (Å²) >= 11 is 0. The Kier molecular flexibility index (Phi) is 7.26. The number of carbonyl (C=O) groups is 1. The van der Waals surface area contributed by atoms with Crippen molar-refractivity contribution in [2.24, 2.45) is 11.7 Å². The molecule has 1 saturated heterocycles. The second-order valence-corrected chi connectivity index (χ2v) is 9.98. The van der Waals surface area contributed by atoms with Crippen LogP contribution in [-0.2, 0) is 6.42 Å². The molecule has 0 bridgehead atoms. The number of nitrogens with one attached hydrogen (secondary N) is 1. The van der Waals surface area contributed by atoms with E-state index in [0.717, 1.165) is 31.0 Å². The number of aromatic nitrogens is 3. The predicted molar refractivity (Wildman–Crippen MR) is 140 cm³/mol. The minimum atomic E-state index is -0.659. The first kappa shape index (κ1) is 25.6. The van der Waals surface area contributed by atoms with Crippen molar-refractivity contribution in [2.45, 2.75) is 39.2 Å². The number of primary amides is 1. The predicted octanol–water partition coefficient (Wildman–Crippen LogP) is 4.50. The summed E-state index contributed by atoms with van der Waals surface area (Å²) in [5.41, 5.74) is 7.30. The molecule has 0 unspecified atom stereocenters. The molecular formula is C27H31F2N7O2. The number of amides is 2. The highest BCUT2D eigenvalue weighted by Crippen LogP contribution is 2.39. The van der Waals surface area contributed by atoms with Crippen molar-refractivity contribution in [1.29, 1.82) is 0 Å². The second kappa shape index (κ2) is 10.8.